The number of nitrogens with one attached hydrogen (secondary N) is 1. The molecule has 10 heteroatoms. The van der Waals surface area contributed by atoms with E-state index in [0.29, 0.717) is 35.5 Å². The van der Waals surface area contributed by atoms with Gasteiger partial charge in [-0.1, -0.05) is 39.7 Å². The van der Waals surface area contributed by atoms with E-state index >= 15 is 0 Å². The number of halogens is 8. The fraction of sp³-hybridized carbons (Fsp3) is 0.350. The molecule has 0 fully saturated rings. The van der Waals surface area contributed by atoms with E-state index in [-0.39, 0.29) is 12.0 Å². The highest BCUT2D eigenvalue weighted by atomic mass is 79.9. The average molecular weight is 517 g/mol. The SMILES string of the molecule is O=C(CNC[C@@H](CCBr)c1ccc(Cl)cc1)c1cc(C(F)(F)F)cc(C(F)(F)F)c1. The number of hydrogen-bond acceptors (Lipinski definition) is 2. The standard InChI is InChI=1S/C20H17BrClF6NO/c21-6-5-13(12-1-3-17(22)4-2-12)10-29-11-18(30)14-7-15(19(23,24)25)9-16(8-14)20(26,27)28/h1-4,7-9,13,29H,5-6,10-11H2/t13-/m1/s1. The summed E-state index contributed by atoms with van der Waals surface area (Å²) >= 11 is 9.21. The molecule has 0 aromatic heterocycles. The number of carbonyl (C=O) groups excluding carboxylic acids is 1. The highest BCUT2D eigenvalue weighted by molar-refractivity contribution is 9.09. The summed E-state index contributed by atoms with van der Waals surface area (Å²) < 4.78 is 77.7. The van der Waals surface area contributed by atoms with Gasteiger partial charge in [-0.05, 0) is 48.2 Å². The molecule has 0 unspecified atom stereocenters. The molecule has 2 aromatic carbocycles. The minimum atomic E-state index is -5.00. The molecule has 0 saturated carbocycles. The molecule has 0 aliphatic rings. The highest BCUT2D eigenvalue weighted by Gasteiger charge is 2.37. The second kappa shape index (κ2) is 10.2. The molecular weight excluding hydrogens is 500 g/mol. The first-order valence-corrected chi connectivity index (χ1v) is 10.3. The van der Waals surface area contributed by atoms with Crippen molar-refractivity contribution in [1.29, 1.82) is 0 Å². The summed E-state index contributed by atoms with van der Waals surface area (Å²) in [6.07, 6.45) is -9.30. The van der Waals surface area contributed by atoms with Crippen LogP contribution >= 0.6 is 27.5 Å². The Balaban J connectivity index is 2.13. The van der Waals surface area contributed by atoms with Gasteiger partial charge >= 0.3 is 12.4 Å². The van der Waals surface area contributed by atoms with Gasteiger partial charge in [0.05, 0.1) is 17.7 Å². The van der Waals surface area contributed by atoms with E-state index in [4.69, 9.17) is 11.6 Å². The van der Waals surface area contributed by atoms with Crippen LogP contribution in [-0.2, 0) is 12.4 Å². The molecule has 2 nitrogen and oxygen atoms in total. The summed E-state index contributed by atoms with van der Waals surface area (Å²) in [6, 6.07) is 7.94. The smallest absolute Gasteiger partial charge is 0.309 e. The van der Waals surface area contributed by atoms with Crippen molar-refractivity contribution < 1.29 is 31.1 Å². The molecule has 0 aliphatic carbocycles. The molecule has 0 spiro atoms. The monoisotopic (exact) mass is 515 g/mol. The summed E-state index contributed by atoms with van der Waals surface area (Å²) in [7, 11) is 0. The van der Waals surface area contributed by atoms with Crippen LogP contribution in [0.5, 0.6) is 0 Å². The molecule has 0 amide bonds. The lowest BCUT2D eigenvalue weighted by atomic mass is 9.96. The van der Waals surface area contributed by atoms with Gasteiger partial charge in [0.2, 0.25) is 0 Å². The van der Waals surface area contributed by atoms with Crippen molar-refractivity contribution in [2.24, 2.45) is 0 Å². The first-order valence-electron chi connectivity index (χ1n) is 8.76. The summed E-state index contributed by atoms with van der Waals surface area (Å²) in [4.78, 5) is 12.3. The Bertz CT molecular complexity index is 835. The predicted molar refractivity (Wildman–Crippen MR) is 106 cm³/mol. The van der Waals surface area contributed by atoms with E-state index in [0.717, 1.165) is 5.56 Å². The van der Waals surface area contributed by atoms with Gasteiger partial charge in [0.1, 0.15) is 0 Å². The Morgan fingerprint density at radius 3 is 1.97 bits per heavy atom. The molecule has 1 atom stereocenters. The maximum absolute atomic E-state index is 13.0. The van der Waals surface area contributed by atoms with Gasteiger partial charge in [-0.15, -0.1) is 0 Å². The van der Waals surface area contributed by atoms with E-state index in [2.05, 4.69) is 21.2 Å². The number of alkyl halides is 7. The van der Waals surface area contributed by atoms with Crippen molar-refractivity contribution in [3.63, 3.8) is 0 Å². The zero-order valence-electron chi connectivity index (χ0n) is 15.4. The van der Waals surface area contributed by atoms with E-state index in [1.807, 2.05) is 12.1 Å². The molecule has 0 radical (unpaired) electrons. The van der Waals surface area contributed by atoms with Crippen molar-refractivity contribution in [3.8, 4) is 0 Å². The lowest BCUT2D eigenvalue weighted by Crippen LogP contribution is -2.28. The molecule has 0 saturated heterocycles. The van der Waals surface area contributed by atoms with Crippen LogP contribution in [0.3, 0.4) is 0 Å². The van der Waals surface area contributed by atoms with E-state index in [1.54, 1.807) is 12.1 Å². The van der Waals surface area contributed by atoms with Crippen LogP contribution in [0.25, 0.3) is 0 Å². The first-order chi connectivity index (χ1) is 13.9. The molecule has 0 heterocycles. The largest absolute Gasteiger partial charge is 0.416 e. The molecule has 1 N–H and O–H groups in total. The van der Waals surface area contributed by atoms with Gasteiger partial charge in [-0.3, -0.25) is 4.79 Å². The highest BCUT2D eigenvalue weighted by Crippen LogP contribution is 2.36. The summed E-state index contributed by atoms with van der Waals surface area (Å²) in [6.45, 7) is -0.0882. The number of hydrogen-bond donors (Lipinski definition) is 1. The van der Waals surface area contributed by atoms with Crippen LogP contribution in [0, 0.1) is 0 Å². The van der Waals surface area contributed by atoms with E-state index in [1.165, 1.54) is 0 Å². The van der Waals surface area contributed by atoms with Crippen molar-refractivity contribution in [1.82, 2.24) is 5.32 Å². The average Bonchev–Trinajstić information content (AvgIpc) is 2.66. The Morgan fingerprint density at radius 2 is 1.50 bits per heavy atom. The second-order valence-corrected chi connectivity index (χ2v) is 7.80. The van der Waals surface area contributed by atoms with Crippen LogP contribution in [0.2, 0.25) is 5.02 Å². The predicted octanol–water partition coefficient (Wildman–Crippen LogP) is 6.72. The summed E-state index contributed by atoms with van der Waals surface area (Å²) in [5, 5.41) is 4.06. The zero-order valence-corrected chi connectivity index (χ0v) is 17.7. The minimum absolute atomic E-state index is 0.00320. The fourth-order valence-electron chi connectivity index (χ4n) is 2.83. The second-order valence-electron chi connectivity index (χ2n) is 6.57. The third-order valence-electron chi connectivity index (χ3n) is 4.38. The molecule has 0 aliphatic heterocycles. The van der Waals surface area contributed by atoms with Crippen molar-refractivity contribution in [3.05, 3.63) is 69.7 Å². The summed E-state index contributed by atoms with van der Waals surface area (Å²) in [5.41, 5.74) is -2.73. The molecule has 2 aromatic rings. The van der Waals surface area contributed by atoms with Gasteiger partial charge in [-0.2, -0.15) is 26.3 Å². The van der Waals surface area contributed by atoms with Crippen LogP contribution in [0.15, 0.2) is 42.5 Å². The van der Waals surface area contributed by atoms with Crippen LogP contribution < -0.4 is 5.32 Å². The van der Waals surface area contributed by atoms with Gasteiger partial charge in [-0.25, -0.2) is 0 Å². The number of carbonyl (C=O) groups is 1. The molecule has 2 rings (SSSR count). The molecule has 0 bridgehead atoms. The number of ketones is 1. The minimum Gasteiger partial charge on any atom is -0.309 e. The Hall–Kier alpha value is -1.58. The van der Waals surface area contributed by atoms with Gasteiger partial charge < -0.3 is 5.32 Å². The zero-order chi connectivity index (χ0) is 22.5. The van der Waals surface area contributed by atoms with Crippen LogP contribution in [0.4, 0.5) is 26.3 Å². The fourth-order valence-corrected chi connectivity index (χ4v) is 3.51. The number of Topliss-reactive ketones (excluding diaryl/α,β-unsaturated/α-hetero) is 1. The van der Waals surface area contributed by atoms with Gasteiger partial charge in [0.15, 0.2) is 5.78 Å². The molecule has 30 heavy (non-hydrogen) atoms. The Labute approximate surface area is 182 Å². The third kappa shape index (κ3) is 6.99. The van der Waals surface area contributed by atoms with E-state index in [9.17, 15) is 31.1 Å². The van der Waals surface area contributed by atoms with Crippen LogP contribution in [-0.4, -0.2) is 24.2 Å². The van der Waals surface area contributed by atoms with Crippen LogP contribution in [0.1, 0.15) is 39.4 Å². The van der Waals surface area contributed by atoms with Gasteiger partial charge in [0.25, 0.3) is 0 Å². The lowest BCUT2D eigenvalue weighted by molar-refractivity contribution is -0.143. The Kier molecular flexibility index (Phi) is 8.35. The third-order valence-corrected chi connectivity index (χ3v) is 5.09. The number of rotatable bonds is 8. The Morgan fingerprint density at radius 1 is 0.967 bits per heavy atom. The van der Waals surface area contributed by atoms with Crippen molar-refractivity contribution in [2.45, 2.75) is 24.7 Å². The normalized spacial score (nSPS) is 13.3. The quantitative estimate of drug-likeness (QED) is 0.240. The van der Waals surface area contributed by atoms with Crippen molar-refractivity contribution >= 4 is 33.3 Å². The first kappa shape index (κ1) is 24.7. The summed E-state index contributed by atoms with van der Waals surface area (Å²) in [5.74, 6) is -0.887. The molecular formula is C20H17BrClF6NO. The topological polar surface area (TPSA) is 29.1 Å². The van der Waals surface area contributed by atoms with Crippen molar-refractivity contribution in [2.75, 3.05) is 18.4 Å². The molecule has 164 valence electrons. The van der Waals surface area contributed by atoms with Gasteiger partial charge in [0, 0.05) is 22.5 Å². The lowest BCUT2D eigenvalue weighted by Gasteiger charge is -2.18. The maximum atomic E-state index is 13.0. The maximum Gasteiger partial charge on any atom is 0.416 e. The van der Waals surface area contributed by atoms with E-state index < -0.39 is 41.4 Å². The number of benzene rings is 2.